The van der Waals surface area contributed by atoms with Crippen molar-refractivity contribution in [3.63, 3.8) is 0 Å². The van der Waals surface area contributed by atoms with Crippen LogP contribution in [0, 0.1) is 0 Å². The van der Waals surface area contributed by atoms with E-state index in [2.05, 4.69) is 19.9 Å². The fourth-order valence-electron chi connectivity index (χ4n) is 4.50. The van der Waals surface area contributed by atoms with E-state index in [0.717, 1.165) is 37.1 Å². The van der Waals surface area contributed by atoms with Crippen LogP contribution in [0.5, 0.6) is 0 Å². The van der Waals surface area contributed by atoms with Gasteiger partial charge in [0.25, 0.3) is 11.5 Å². The summed E-state index contributed by atoms with van der Waals surface area (Å²) in [7, 11) is 0. The van der Waals surface area contributed by atoms with Crippen molar-refractivity contribution >= 4 is 22.5 Å². The molecule has 3 heterocycles. The lowest BCUT2D eigenvalue weighted by Gasteiger charge is -2.36. The fraction of sp³-hybridized carbons (Fsp3) is 0.409. The van der Waals surface area contributed by atoms with E-state index in [1.807, 2.05) is 22.8 Å². The van der Waals surface area contributed by atoms with Crippen LogP contribution >= 0.6 is 0 Å². The maximum atomic E-state index is 12.9. The Morgan fingerprint density at radius 3 is 2.53 bits per heavy atom. The van der Waals surface area contributed by atoms with Gasteiger partial charge in [0, 0.05) is 50.3 Å². The highest BCUT2D eigenvalue weighted by Gasteiger charge is 2.24. The zero-order valence-electron chi connectivity index (χ0n) is 16.8. The summed E-state index contributed by atoms with van der Waals surface area (Å²) in [4.78, 5) is 42.2. The molecule has 2 fully saturated rings. The molecule has 1 aliphatic carbocycles. The van der Waals surface area contributed by atoms with Crippen molar-refractivity contribution in [3.05, 3.63) is 59.2 Å². The van der Waals surface area contributed by atoms with Gasteiger partial charge in [0.05, 0.1) is 23.4 Å². The molecule has 0 atom stereocenters. The maximum Gasteiger partial charge on any atom is 0.274 e. The SMILES string of the molecule is O=C(c1cnccn1)N1CCN(c2ccc3c(=O)n(C4CCCC4)cnc3c2)CC1. The summed E-state index contributed by atoms with van der Waals surface area (Å²) < 4.78 is 1.81. The van der Waals surface area contributed by atoms with Crippen LogP contribution in [-0.2, 0) is 0 Å². The number of piperazine rings is 1. The number of aromatic nitrogens is 4. The zero-order chi connectivity index (χ0) is 20.5. The summed E-state index contributed by atoms with van der Waals surface area (Å²) in [6, 6.07) is 6.15. The lowest BCUT2D eigenvalue weighted by molar-refractivity contribution is 0.0740. The van der Waals surface area contributed by atoms with Crippen molar-refractivity contribution in [1.82, 2.24) is 24.4 Å². The number of carbonyl (C=O) groups is 1. The Hall–Kier alpha value is -3.29. The van der Waals surface area contributed by atoms with Crippen molar-refractivity contribution in [1.29, 1.82) is 0 Å². The van der Waals surface area contributed by atoms with E-state index in [1.54, 1.807) is 17.4 Å². The summed E-state index contributed by atoms with van der Waals surface area (Å²) in [5, 5.41) is 0.671. The molecule has 30 heavy (non-hydrogen) atoms. The Balaban J connectivity index is 1.32. The molecular formula is C22H24N6O2. The second-order valence-electron chi connectivity index (χ2n) is 7.97. The molecule has 2 aliphatic rings. The zero-order valence-corrected chi connectivity index (χ0v) is 16.8. The van der Waals surface area contributed by atoms with Gasteiger partial charge >= 0.3 is 0 Å². The molecule has 1 aromatic carbocycles. The highest BCUT2D eigenvalue weighted by Crippen LogP contribution is 2.28. The fourth-order valence-corrected chi connectivity index (χ4v) is 4.50. The van der Waals surface area contributed by atoms with E-state index in [9.17, 15) is 9.59 Å². The van der Waals surface area contributed by atoms with Gasteiger partial charge in [-0.2, -0.15) is 0 Å². The van der Waals surface area contributed by atoms with Crippen LogP contribution in [0.15, 0.2) is 47.9 Å². The molecule has 0 N–H and O–H groups in total. The summed E-state index contributed by atoms with van der Waals surface area (Å²) in [6.07, 6.45) is 10.8. The number of nitrogens with zero attached hydrogens (tertiary/aromatic N) is 6. The molecule has 5 rings (SSSR count). The number of rotatable bonds is 3. The average molecular weight is 404 g/mol. The van der Waals surface area contributed by atoms with Gasteiger partial charge in [-0.15, -0.1) is 0 Å². The quantitative estimate of drug-likeness (QED) is 0.666. The summed E-state index contributed by atoms with van der Waals surface area (Å²) in [5.74, 6) is -0.0876. The number of amides is 1. The topological polar surface area (TPSA) is 84.2 Å². The predicted molar refractivity (Wildman–Crippen MR) is 114 cm³/mol. The van der Waals surface area contributed by atoms with E-state index in [-0.39, 0.29) is 17.5 Å². The normalized spacial score (nSPS) is 17.6. The van der Waals surface area contributed by atoms with E-state index in [1.165, 1.54) is 25.2 Å². The Labute approximate surface area is 174 Å². The number of carbonyl (C=O) groups excluding carboxylic acids is 1. The third-order valence-corrected chi connectivity index (χ3v) is 6.20. The monoisotopic (exact) mass is 404 g/mol. The lowest BCUT2D eigenvalue weighted by Crippen LogP contribution is -2.49. The summed E-state index contributed by atoms with van der Waals surface area (Å²) in [6.45, 7) is 2.67. The second-order valence-corrected chi connectivity index (χ2v) is 7.97. The molecule has 8 nitrogen and oxygen atoms in total. The van der Waals surface area contributed by atoms with Crippen molar-refractivity contribution in [2.45, 2.75) is 31.7 Å². The third-order valence-electron chi connectivity index (χ3n) is 6.20. The number of anilines is 1. The first-order valence-electron chi connectivity index (χ1n) is 10.5. The van der Waals surface area contributed by atoms with E-state index < -0.39 is 0 Å². The Morgan fingerprint density at radius 2 is 1.80 bits per heavy atom. The van der Waals surface area contributed by atoms with Crippen LogP contribution in [0.4, 0.5) is 5.69 Å². The molecule has 0 spiro atoms. The Kier molecular flexibility index (Phi) is 4.90. The van der Waals surface area contributed by atoms with Crippen molar-refractivity contribution < 1.29 is 4.79 Å². The van der Waals surface area contributed by atoms with Gasteiger partial charge < -0.3 is 9.80 Å². The molecule has 3 aromatic rings. The minimum Gasteiger partial charge on any atom is -0.368 e. The lowest BCUT2D eigenvalue weighted by atomic mass is 10.1. The summed E-state index contributed by atoms with van der Waals surface area (Å²) in [5.41, 5.74) is 2.18. The van der Waals surface area contributed by atoms with Gasteiger partial charge in [-0.1, -0.05) is 12.8 Å². The van der Waals surface area contributed by atoms with E-state index in [0.29, 0.717) is 24.2 Å². The van der Waals surface area contributed by atoms with Crippen LogP contribution in [-0.4, -0.2) is 56.5 Å². The molecule has 1 saturated heterocycles. The third kappa shape index (κ3) is 3.42. The number of benzene rings is 1. The molecule has 2 aromatic heterocycles. The minimum atomic E-state index is -0.0876. The number of hydrogen-bond acceptors (Lipinski definition) is 6. The van der Waals surface area contributed by atoms with Gasteiger partial charge in [-0.05, 0) is 31.0 Å². The second kappa shape index (κ2) is 7.85. The van der Waals surface area contributed by atoms with Crippen LogP contribution < -0.4 is 10.5 Å². The molecular weight excluding hydrogens is 380 g/mol. The Bertz CT molecular complexity index is 1120. The molecule has 0 bridgehead atoms. The highest BCUT2D eigenvalue weighted by atomic mass is 16.2. The molecule has 1 saturated carbocycles. The highest BCUT2D eigenvalue weighted by molar-refractivity contribution is 5.92. The van der Waals surface area contributed by atoms with Gasteiger partial charge in [0.15, 0.2) is 0 Å². The van der Waals surface area contributed by atoms with Crippen LogP contribution in [0.2, 0.25) is 0 Å². The van der Waals surface area contributed by atoms with Crippen molar-refractivity contribution in [2.75, 3.05) is 31.1 Å². The largest absolute Gasteiger partial charge is 0.368 e. The van der Waals surface area contributed by atoms with Crippen molar-refractivity contribution in [2.24, 2.45) is 0 Å². The van der Waals surface area contributed by atoms with E-state index >= 15 is 0 Å². The molecule has 0 unspecified atom stereocenters. The molecule has 8 heteroatoms. The molecule has 1 aliphatic heterocycles. The van der Waals surface area contributed by atoms with Gasteiger partial charge in [-0.25, -0.2) is 9.97 Å². The predicted octanol–water partition coefficient (Wildman–Crippen LogP) is 2.26. The van der Waals surface area contributed by atoms with E-state index in [4.69, 9.17) is 0 Å². The summed E-state index contributed by atoms with van der Waals surface area (Å²) >= 11 is 0. The first kappa shape index (κ1) is 18.7. The van der Waals surface area contributed by atoms with Gasteiger partial charge in [0.1, 0.15) is 5.69 Å². The van der Waals surface area contributed by atoms with Crippen LogP contribution in [0.25, 0.3) is 10.9 Å². The first-order valence-corrected chi connectivity index (χ1v) is 10.5. The molecule has 1 amide bonds. The van der Waals surface area contributed by atoms with Gasteiger partial charge in [-0.3, -0.25) is 19.1 Å². The average Bonchev–Trinajstić information content (AvgIpc) is 3.34. The number of fused-ring (bicyclic) bond motifs is 1. The van der Waals surface area contributed by atoms with Gasteiger partial charge in [0.2, 0.25) is 0 Å². The minimum absolute atomic E-state index is 0.0536. The number of hydrogen-bond donors (Lipinski definition) is 0. The molecule has 154 valence electrons. The molecule has 0 radical (unpaired) electrons. The van der Waals surface area contributed by atoms with Crippen LogP contribution in [0.3, 0.4) is 0 Å². The standard InChI is InChI=1S/C22H24N6O2/c29-21-18-6-5-17(13-19(18)25-15-28(21)16-3-1-2-4-16)26-9-11-27(12-10-26)22(30)20-14-23-7-8-24-20/h5-8,13-16H,1-4,9-12H2. The van der Waals surface area contributed by atoms with Crippen LogP contribution in [0.1, 0.15) is 42.2 Å². The maximum absolute atomic E-state index is 12.9. The first-order chi connectivity index (χ1) is 14.7. The Morgan fingerprint density at radius 1 is 1.00 bits per heavy atom. The van der Waals surface area contributed by atoms with Crippen molar-refractivity contribution in [3.8, 4) is 0 Å². The smallest absolute Gasteiger partial charge is 0.274 e.